The molecule has 0 radical (unpaired) electrons. The highest BCUT2D eigenvalue weighted by atomic mass is 16.5. The van der Waals surface area contributed by atoms with E-state index in [1.165, 1.54) is 12.1 Å². The Morgan fingerprint density at radius 3 is 2.06 bits per heavy atom. The molecule has 0 saturated heterocycles. The maximum absolute atomic E-state index is 11.3. The number of hydrogen-bond acceptors (Lipinski definition) is 3. The van der Waals surface area contributed by atoms with Gasteiger partial charge in [0.05, 0.1) is 5.56 Å². The van der Waals surface area contributed by atoms with E-state index in [1.54, 1.807) is 20.8 Å². The van der Waals surface area contributed by atoms with Crippen LogP contribution >= 0.6 is 0 Å². The van der Waals surface area contributed by atoms with Crippen molar-refractivity contribution in [2.45, 2.75) is 20.8 Å². The fourth-order valence-electron chi connectivity index (χ4n) is 1.51. The van der Waals surface area contributed by atoms with Crippen molar-refractivity contribution in [2.24, 2.45) is 0 Å². The molecular weight excluding hydrogens is 220 g/mol. The second-order valence-corrected chi connectivity index (χ2v) is 3.91. The molecule has 1 N–H and O–H groups in total. The van der Waals surface area contributed by atoms with E-state index >= 15 is 0 Å². The molecule has 1 aromatic rings. The van der Waals surface area contributed by atoms with Gasteiger partial charge in [0.25, 0.3) is 0 Å². The van der Waals surface area contributed by atoms with Crippen LogP contribution in [0.4, 0.5) is 0 Å². The molecule has 90 valence electrons. The van der Waals surface area contributed by atoms with Gasteiger partial charge >= 0.3 is 11.9 Å². The number of carboxylic acids is 1. The van der Waals surface area contributed by atoms with Crippen LogP contribution in [0.5, 0.6) is 5.75 Å². The van der Waals surface area contributed by atoms with E-state index in [-0.39, 0.29) is 5.56 Å². The van der Waals surface area contributed by atoms with Crippen LogP contribution in [0.2, 0.25) is 0 Å². The van der Waals surface area contributed by atoms with Gasteiger partial charge in [-0.1, -0.05) is 6.58 Å². The van der Waals surface area contributed by atoms with Crippen molar-refractivity contribution < 1.29 is 19.4 Å². The van der Waals surface area contributed by atoms with E-state index in [9.17, 15) is 9.59 Å². The highest BCUT2D eigenvalue weighted by Crippen LogP contribution is 2.22. The zero-order chi connectivity index (χ0) is 13.2. The SMILES string of the molecule is C=C(C)C(=O)Oc1cc(C)c(C(=O)O)c(C)c1. The van der Waals surface area contributed by atoms with Crippen molar-refractivity contribution >= 4 is 11.9 Å². The van der Waals surface area contributed by atoms with Crippen molar-refractivity contribution in [1.82, 2.24) is 0 Å². The van der Waals surface area contributed by atoms with Gasteiger partial charge in [0.2, 0.25) is 0 Å². The van der Waals surface area contributed by atoms with E-state index in [2.05, 4.69) is 6.58 Å². The fraction of sp³-hybridized carbons (Fsp3) is 0.231. The Kier molecular flexibility index (Phi) is 3.68. The monoisotopic (exact) mass is 234 g/mol. The minimum Gasteiger partial charge on any atom is -0.478 e. The van der Waals surface area contributed by atoms with Crippen molar-refractivity contribution in [3.8, 4) is 5.75 Å². The molecule has 17 heavy (non-hydrogen) atoms. The number of benzene rings is 1. The van der Waals surface area contributed by atoms with Gasteiger partial charge in [0.15, 0.2) is 0 Å². The third kappa shape index (κ3) is 2.93. The second kappa shape index (κ2) is 4.82. The Bertz CT molecular complexity index is 477. The summed E-state index contributed by atoms with van der Waals surface area (Å²) in [4.78, 5) is 22.3. The average molecular weight is 234 g/mol. The topological polar surface area (TPSA) is 63.6 Å². The lowest BCUT2D eigenvalue weighted by molar-refractivity contribution is -0.130. The molecule has 0 saturated carbocycles. The summed E-state index contributed by atoms with van der Waals surface area (Å²) in [5, 5.41) is 8.99. The standard InChI is InChI=1S/C13H14O4/c1-7(2)13(16)17-10-5-8(3)11(12(14)15)9(4)6-10/h5-6H,1H2,2-4H3,(H,14,15). The third-order valence-electron chi connectivity index (χ3n) is 2.28. The highest BCUT2D eigenvalue weighted by Gasteiger charge is 2.14. The van der Waals surface area contributed by atoms with Crippen LogP contribution in [0.3, 0.4) is 0 Å². The number of carbonyl (C=O) groups excluding carboxylic acids is 1. The summed E-state index contributed by atoms with van der Waals surface area (Å²) in [6.45, 7) is 8.35. The predicted octanol–water partition coefficient (Wildman–Crippen LogP) is 2.48. The molecule has 0 aliphatic heterocycles. The molecule has 0 bridgehead atoms. The number of hydrogen-bond donors (Lipinski definition) is 1. The molecule has 0 amide bonds. The van der Waals surface area contributed by atoms with E-state index < -0.39 is 11.9 Å². The molecule has 0 unspecified atom stereocenters. The highest BCUT2D eigenvalue weighted by molar-refractivity contribution is 5.92. The van der Waals surface area contributed by atoms with Crippen molar-refractivity contribution in [1.29, 1.82) is 0 Å². The quantitative estimate of drug-likeness (QED) is 0.495. The zero-order valence-electron chi connectivity index (χ0n) is 10.0. The number of carboxylic acid groups (broad SMARTS) is 1. The molecule has 0 aliphatic rings. The zero-order valence-corrected chi connectivity index (χ0v) is 10.0. The van der Waals surface area contributed by atoms with Crippen molar-refractivity contribution in [2.75, 3.05) is 0 Å². The van der Waals surface area contributed by atoms with Crippen molar-refractivity contribution in [3.63, 3.8) is 0 Å². The lowest BCUT2D eigenvalue weighted by Crippen LogP contribution is -2.10. The van der Waals surface area contributed by atoms with Crippen molar-refractivity contribution in [3.05, 3.63) is 41.0 Å². The summed E-state index contributed by atoms with van der Waals surface area (Å²) in [5.41, 5.74) is 1.65. The molecule has 0 heterocycles. The number of esters is 1. The minimum atomic E-state index is -0.988. The maximum Gasteiger partial charge on any atom is 0.338 e. The number of carbonyl (C=O) groups is 2. The van der Waals surface area contributed by atoms with Crippen LogP contribution in [0.1, 0.15) is 28.4 Å². The second-order valence-electron chi connectivity index (χ2n) is 3.91. The number of aryl methyl sites for hydroxylation is 2. The summed E-state index contributed by atoms with van der Waals surface area (Å²) < 4.78 is 5.04. The lowest BCUT2D eigenvalue weighted by Gasteiger charge is -2.09. The van der Waals surface area contributed by atoms with E-state index in [0.717, 1.165) is 0 Å². The molecule has 0 aromatic heterocycles. The van der Waals surface area contributed by atoms with Gasteiger partial charge in [0, 0.05) is 5.57 Å². The first-order valence-electron chi connectivity index (χ1n) is 5.05. The molecule has 4 heteroatoms. The molecular formula is C13H14O4. The minimum absolute atomic E-state index is 0.236. The van der Waals surface area contributed by atoms with Crippen LogP contribution in [0.15, 0.2) is 24.3 Å². The smallest absolute Gasteiger partial charge is 0.338 e. The summed E-state index contributed by atoms with van der Waals surface area (Å²) in [5.74, 6) is -1.18. The Labute approximate surface area is 99.5 Å². The molecule has 1 rings (SSSR count). The Morgan fingerprint density at radius 2 is 1.71 bits per heavy atom. The first-order chi connectivity index (χ1) is 7.82. The number of rotatable bonds is 3. The van der Waals surface area contributed by atoms with E-state index in [1.807, 2.05) is 0 Å². The summed E-state index contributed by atoms with van der Waals surface area (Å²) in [6.07, 6.45) is 0. The normalized spacial score (nSPS) is 9.82. The molecule has 0 fully saturated rings. The summed E-state index contributed by atoms with van der Waals surface area (Å²) in [7, 11) is 0. The number of ether oxygens (including phenoxy) is 1. The van der Waals surface area contributed by atoms with Gasteiger partial charge in [-0.3, -0.25) is 0 Å². The fourth-order valence-corrected chi connectivity index (χ4v) is 1.51. The van der Waals surface area contributed by atoms with Gasteiger partial charge in [0.1, 0.15) is 5.75 Å². The predicted molar refractivity (Wildman–Crippen MR) is 63.3 cm³/mol. The molecule has 0 atom stereocenters. The Hall–Kier alpha value is -2.10. The van der Waals surface area contributed by atoms with Crippen LogP contribution in [-0.4, -0.2) is 17.0 Å². The number of aromatic carboxylic acids is 1. The van der Waals surface area contributed by atoms with Gasteiger partial charge < -0.3 is 9.84 Å². The molecule has 1 aromatic carbocycles. The average Bonchev–Trinajstić information content (AvgIpc) is 2.15. The summed E-state index contributed by atoms with van der Waals surface area (Å²) >= 11 is 0. The molecule has 4 nitrogen and oxygen atoms in total. The van der Waals surface area contributed by atoms with E-state index in [0.29, 0.717) is 22.4 Å². The lowest BCUT2D eigenvalue weighted by atomic mass is 10.0. The van der Waals surface area contributed by atoms with Crippen LogP contribution in [0, 0.1) is 13.8 Å². The van der Waals surface area contributed by atoms with Gasteiger partial charge in [-0.25, -0.2) is 9.59 Å². The van der Waals surface area contributed by atoms with E-state index in [4.69, 9.17) is 9.84 Å². The van der Waals surface area contributed by atoms with Gasteiger partial charge in [-0.05, 0) is 44.0 Å². The molecule has 0 aliphatic carbocycles. The summed E-state index contributed by atoms with van der Waals surface area (Å²) in [6, 6.07) is 3.05. The largest absolute Gasteiger partial charge is 0.478 e. The van der Waals surface area contributed by atoms with Gasteiger partial charge in [-0.2, -0.15) is 0 Å². The first kappa shape index (κ1) is 13.0. The Morgan fingerprint density at radius 1 is 1.24 bits per heavy atom. The first-order valence-corrected chi connectivity index (χ1v) is 5.05. The van der Waals surface area contributed by atoms with Crippen LogP contribution in [0.25, 0.3) is 0 Å². The van der Waals surface area contributed by atoms with Gasteiger partial charge in [-0.15, -0.1) is 0 Å². The third-order valence-corrected chi connectivity index (χ3v) is 2.28. The van der Waals surface area contributed by atoms with Crippen LogP contribution < -0.4 is 4.74 Å². The Balaban J connectivity index is 3.11. The van der Waals surface area contributed by atoms with Crippen LogP contribution in [-0.2, 0) is 4.79 Å². The molecule has 0 spiro atoms. The maximum atomic E-state index is 11.3.